The fraction of sp³-hybridized carbons (Fsp3) is 0.0400. The molecule has 0 radical (unpaired) electrons. The first-order valence-corrected chi connectivity index (χ1v) is 10.7. The molecule has 0 spiro atoms. The molecule has 1 nitrogen and oxygen atoms in total. The van der Waals surface area contributed by atoms with E-state index < -0.39 is 0 Å². The lowest BCUT2D eigenvalue weighted by Gasteiger charge is -2.14. The number of fused-ring (bicyclic) bond motifs is 4. The molecule has 0 atom stereocenters. The Kier molecular flexibility index (Phi) is 4.50. The second-order valence-corrected chi connectivity index (χ2v) is 8.82. The van der Waals surface area contributed by atoms with Crippen LogP contribution in [0, 0.1) is 0 Å². The van der Waals surface area contributed by atoms with Gasteiger partial charge in [0.1, 0.15) is 11.2 Å². The summed E-state index contributed by atoms with van der Waals surface area (Å²) >= 11 is 5.33. The standard InChI is InChI=1S/C25H17BrOS/c1-16-12-14-18(26)15-13-17-6-4-10-22(25(17)28-16)21-9-5-8-20-19-7-2-3-11-23(19)27-24(20)21/h2-12,14-15H,1,13H2/b14-12-,18-15+. The van der Waals surface area contributed by atoms with E-state index in [2.05, 4.69) is 89.3 Å². The Hall–Kier alpha value is -2.49. The lowest BCUT2D eigenvalue weighted by Crippen LogP contribution is -1.91. The molecular formula is C25H17BrOS. The third kappa shape index (κ3) is 3.05. The number of allylic oxidation sites excluding steroid dienone is 4. The van der Waals surface area contributed by atoms with Crippen LogP contribution in [0.2, 0.25) is 0 Å². The van der Waals surface area contributed by atoms with Gasteiger partial charge in [0.2, 0.25) is 0 Å². The number of rotatable bonds is 1. The number of hydrogen-bond acceptors (Lipinski definition) is 2. The number of thioether (sulfide) groups is 1. The average molecular weight is 445 g/mol. The molecule has 1 aliphatic rings. The van der Waals surface area contributed by atoms with E-state index in [9.17, 15) is 0 Å². The monoisotopic (exact) mass is 444 g/mol. The quantitative estimate of drug-likeness (QED) is 0.293. The van der Waals surface area contributed by atoms with Crippen LogP contribution in [0.3, 0.4) is 0 Å². The zero-order chi connectivity index (χ0) is 19.1. The number of para-hydroxylation sites is 2. The van der Waals surface area contributed by atoms with Crippen LogP contribution in [0.15, 0.2) is 104 Å². The molecule has 0 aliphatic carbocycles. The predicted octanol–water partition coefficient (Wildman–Crippen LogP) is 8.25. The molecule has 136 valence electrons. The summed E-state index contributed by atoms with van der Waals surface area (Å²) in [6, 6.07) is 21.1. The number of furan rings is 1. The van der Waals surface area contributed by atoms with Crippen molar-refractivity contribution in [1.82, 2.24) is 0 Å². The van der Waals surface area contributed by atoms with E-state index in [-0.39, 0.29) is 0 Å². The first kappa shape index (κ1) is 17.6. The minimum atomic E-state index is 0.866. The van der Waals surface area contributed by atoms with Crippen molar-refractivity contribution in [3.63, 3.8) is 0 Å². The normalized spacial score (nSPS) is 17.5. The second-order valence-electron chi connectivity index (χ2n) is 6.77. The van der Waals surface area contributed by atoms with Crippen LogP contribution >= 0.6 is 27.7 Å². The van der Waals surface area contributed by atoms with Gasteiger partial charge in [-0.2, -0.15) is 0 Å². The SMILES string of the molecule is C=C1/C=C\C(Br)=C/Cc2cccc(-c3cccc4c3oc3ccccc34)c2S1. The summed E-state index contributed by atoms with van der Waals surface area (Å²) in [7, 11) is 0. The lowest BCUT2D eigenvalue weighted by molar-refractivity contribution is 0.670. The minimum Gasteiger partial charge on any atom is -0.455 e. The molecule has 28 heavy (non-hydrogen) atoms. The Morgan fingerprint density at radius 2 is 1.64 bits per heavy atom. The Labute approximate surface area is 176 Å². The Morgan fingerprint density at radius 1 is 0.857 bits per heavy atom. The predicted molar refractivity (Wildman–Crippen MR) is 124 cm³/mol. The zero-order valence-corrected chi connectivity index (χ0v) is 17.5. The van der Waals surface area contributed by atoms with Crippen molar-refractivity contribution in [2.45, 2.75) is 11.3 Å². The van der Waals surface area contributed by atoms with Crippen molar-refractivity contribution in [2.24, 2.45) is 0 Å². The molecule has 0 saturated carbocycles. The Bertz CT molecular complexity index is 1290. The highest BCUT2D eigenvalue weighted by Gasteiger charge is 2.17. The lowest BCUT2D eigenvalue weighted by atomic mass is 9.99. The molecule has 2 heterocycles. The van der Waals surface area contributed by atoms with E-state index in [0.717, 1.165) is 43.3 Å². The van der Waals surface area contributed by atoms with Gasteiger partial charge in [-0.05, 0) is 35.8 Å². The maximum atomic E-state index is 6.29. The van der Waals surface area contributed by atoms with Gasteiger partial charge in [0.05, 0.1) is 0 Å². The molecule has 3 heteroatoms. The van der Waals surface area contributed by atoms with Crippen molar-refractivity contribution in [3.8, 4) is 11.1 Å². The molecule has 5 rings (SSSR count). The summed E-state index contributed by atoms with van der Waals surface area (Å²) in [5.74, 6) is 0. The van der Waals surface area contributed by atoms with Gasteiger partial charge >= 0.3 is 0 Å². The first-order valence-electron chi connectivity index (χ1n) is 9.14. The second kappa shape index (κ2) is 7.16. The fourth-order valence-electron chi connectivity index (χ4n) is 3.65. The highest BCUT2D eigenvalue weighted by Crippen LogP contribution is 2.43. The highest BCUT2D eigenvalue weighted by atomic mass is 79.9. The van der Waals surface area contributed by atoms with Crippen LogP contribution in [0.4, 0.5) is 0 Å². The number of halogens is 1. The van der Waals surface area contributed by atoms with E-state index >= 15 is 0 Å². The molecule has 0 saturated heterocycles. The maximum Gasteiger partial charge on any atom is 0.143 e. The molecule has 0 fully saturated rings. The van der Waals surface area contributed by atoms with Crippen LogP contribution in [-0.2, 0) is 6.42 Å². The molecule has 3 aromatic carbocycles. The van der Waals surface area contributed by atoms with Crippen molar-refractivity contribution in [2.75, 3.05) is 0 Å². The summed E-state index contributed by atoms with van der Waals surface area (Å²) in [5.41, 5.74) is 5.46. The van der Waals surface area contributed by atoms with Gasteiger partial charge in [0, 0.05) is 30.6 Å². The highest BCUT2D eigenvalue weighted by molar-refractivity contribution is 9.11. The van der Waals surface area contributed by atoms with Gasteiger partial charge in [-0.25, -0.2) is 0 Å². The fourth-order valence-corrected chi connectivity index (χ4v) is 4.91. The van der Waals surface area contributed by atoms with Gasteiger partial charge in [-0.1, -0.05) is 94.9 Å². The molecule has 1 aromatic heterocycles. The molecule has 1 aliphatic heterocycles. The average Bonchev–Trinajstić information content (AvgIpc) is 3.12. The molecule has 0 unspecified atom stereocenters. The van der Waals surface area contributed by atoms with Gasteiger partial charge < -0.3 is 4.42 Å². The van der Waals surface area contributed by atoms with E-state index in [4.69, 9.17) is 4.42 Å². The maximum absolute atomic E-state index is 6.29. The minimum absolute atomic E-state index is 0.866. The van der Waals surface area contributed by atoms with Crippen molar-refractivity contribution in [1.29, 1.82) is 0 Å². The summed E-state index contributed by atoms with van der Waals surface area (Å²) in [4.78, 5) is 2.25. The summed E-state index contributed by atoms with van der Waals surface area (Å²) in [6.45, 7) is 4.23. The number of hydrogen-bond donors (Lipinski definition) is 0. The van der Waals surface area contributed by atoms with Crippen LogP contribution in [0.25, 0.3) is 33.1 Å². The van der Waals surface area contributed by atoms with Gasteiger partial charge in [-0.3, -0.25) is 0 Å². The number of benzene rings is 3. The van der Waals surface area contributed by atoms with Gasteiger partial charge in [0.15, 0.2) is 0 Å². The van der Waals surface area contributed by atoms with Crippen molar-refractivity contribution >= 4 is 49.6 Å². The summed E-state index contributed by atoms with van der Waals surface area (Å²) in [6.07, 6.45) is 7.17. The first-order chi connectivity index (χ1) is 13.7. The zero-order valence-electron chi connectivity index (χ0n) is 15.1. The largest absolute Gasteiger partial charge is 0.455 e. The Morgan fingerprint density at radius 3 is 2.57 bits per heavy atom. The third-order valence-corrected chi connectivity index (χ3v) is 6.64. The topological polar surface area (TPSA) is 13.1 Å². The van der Waals surface area contributed by atoms with Crippen LogP contribution in [-0.4, -0.2) is 0 Å². The summed E-state index contributed by atoms with van der Waals surface area (Å²) < 4.78 is 7.36. The van der Waals surface area contributed by atoms with Crippen molar-refractivity contribution in [3.05, 3.63) is 100 Å². The smallest absolute Gasteiger partial charge is 0.143 e. The molecule has 0 bridgehead atoms. The van der Waals surface area contributed by atoms with E-state index in [0.29, 0.717) is 0 Å². The van der Waals surface area contributed by atoms with Gasteiger partial charge in [0.25, 0.3) is 0 Å². The molecule has 0 amide bonds. The van der Waals surface area contributed by atoms with Gasteiger partial charge in [-0.15, -0.1) is 0 Å². The van der Waals surface area contributed by atoms with Crippen LogP contribution < -0.4 is 0 Å². The Balaban J connectivity index is 1.77. The molecule has 0 N–H and O–H groups in total. The third-order valence-electron chi connectivity index (χ3n) is 4.97. The molecule has 4 aromatic rings. The van der Waals surface area contributed by atoms with E-state index in [1.165, 1.54) is 16.0 Å². The van der Waals surface area contributed by atoms with Crippen LogP contribution in [0.1, 0.15) is 5.56 Å². The summed E-state index contributed by atoms with van der Waals surface area (Å²) in [5, 5.41) is 2.31. The van der Waals surface area contributed by atoms with Crippen LogP contribution in [0.5, 0.6) is 0 Å². The van der Waals surface area contributed by atoms with E-state index in [1.54, 1.807) is 11.8 Å². The van der Waals surface area contributed by atoms with E-state index in [1.807, 2.05) is 12.1 Å². The molecular weight excluding hydrogens is 428 g/mol. The van der Waals surface area contributed by atoms with Crippen molar-refractivity contribution < 1.29 is 4.42 Å².